The summed E-state index contributed by atoms with van der Waals surface area (Å²) in [6.45, 7) is 3.27. The first-order valence-electron chi connectivity index (χ1n) is 9.67. The summed E-state index contributed by atoms with van der Waals surface area (Å²) in [5.74, 6) is -5.18. The second kappa shape index (κ2) is 8.72. The van der Waals surface area contributed by atoms with Gasteiger partial charge < -0.3 is 10.1 Å². The van der Waals surface area contributed by atoms with Crippen LogP contribution in [0.5, 0.6) is 5.75 Å². The molecule has 33 heavy (non-hydrogen) atoms. The normalized spacial score (nSPS) is 13.0. The van der Waals surface area contributed by atoms with Crippen molar-refractivity contribution in [1.29, 1.82) is 0 Å². The lowest BCUT2D eigenvalue weighted by Crippen LogP contribution is -2.41. The Kier molecular flexibility index (Phi) is 6.51. The molecule has 0 saturated heterocycles. The summed E-state index contributed by atoms with van der Waals surface area (Å²) in [5.41, 5.74) is 0.301. The first-order valence-corrected chi connectivity index (χ1v) is 11.3. The first-order chi connectivity index (χ1) is 15.3. The van der Waals surface area contributed by atoms with Gasteiger partial charge in [-0.1, -0.05) is 6.92 Å². The maximum atomic E-state index is 13.1. The SMILES string of the molecule is CCS(=O)(=O)c1nn2c(NC(C)C)ccnc2c1-c1ccc(OCC(F)(F)C(F)(F)F)cn1. The van der Waals surface area contributed by atoms with Crippen molar-refractivity contribution in [3.63, 3.8) is 0 Å². The smallest absolute Gasteiger partial charge is 0.456 e. The number of nitrogens with zero attached hydrogens (tertiary/aromatic N) is 4. The highest BCUT2D eigenvalue weighted by atomic mass is 32.2. The number of nitrogens with one attached hydrogen (secondary N) is 1. The Bertz CT molecular complexity index is 1240. The minimum atomic E-state index is -5.76. The molecular formula is C19H20F5N5O3S. The summed E-state index contributed by atoms with van der Waals surface area (Å²) in [4.78, 5) is 8.22. The van der Waals surface area contributed by atoms with E-state index in [1.807, 2.05) is 13.8 Å². The Labute approximate surface area is 185 Å². The van der Waals surface area contributed by atoms with Crippen LogP contribution < -0.4 is 10.1 Å². The lowest BCUT2D eigenvalue weighted by atomic mass is 10.2. The molecule has 0 amide bonds. The third-order valence-electron chi connectivity index (χ3n) is 4.42. The van der Waals surface area contributed by atoms with Crippen LogP contribution in [0, 0.1) is 0 Å². The van der Waals surface area contributed by atoms with Gasteiger partial charge in [0.25, 0.3) is 0 Å². The molecular weight excluding hydrogens is 473 g/mol. The van der Waals surface area contributed by atoms with Gasteiger partial charge in [0.2, 0.25) is 0 Å². The molecule has 0 atom stereocenters. The molecule has 3 aromatic heterocycles. The van der Waals surface area contributed by atoms with E-state index in [4.69, 9.17) is 0 Å². The van der Waals surface area contributed by atoms with Crippen LogP contribution in [-0.4, -0.2) is 58.5 Å². The molecule has 3 aromatic rings. The van der Waals surface area contributed by atoms with Crippen LogP contribution in [0.1, 0.15) is 20.8 Å². The predicted molar refractivity (Wildman–Crippen MR) is 109 cm³/mol. The van der Waals surface area contributed by atoms with Crippen LogP contribution in [0.25, 0.3) is 16.9 Å². The fourth-order valence-electron chi connectivity index (χ4n) is 2.78. The van der Waals surface area contributed by atoms with E-state index in [-0.39, 0.29) is 39.5 Å². The first kappa shape index (κ1) is 24.6. The molecule has 14 heteroatoms. The highest BCUT2D eigenvalue weighted by Crippen LogP contribution is 2.36. The maximum Gasteiger partial charge on any atom is 0.456 e. The summed E-state index contributed by atoms with van der Waals surface area (Å²) < 4.78 is 94.4. The van der Waals surface area contributed by atoms with Crippen LogP contribution in [0.4, 0.5) is 27.8 Å². The van der Waals surface area contributed by atoms with Crippen LogP contribution >= 0.6 is 0 Å². The van der Waals surface area contributed by atoms with Crippen molar-refractivity contribution in [2.24, 2.45) is 0 Å². The summed E-state index contributed by atoms with van der Waals surface area (Å²) in [5, 5.41) is 7.04. The van der Waals surface area contributed by atoms with Crippen LogP contribution in [-0.2, 0) is 9.84 Å². The maximum absolute atomic E-state index is 13.1. The van der Waals surface area contributed by atoms with E-state index in [0.717, 1.165) is 12.3 Å². The molecule has 1 N–H and O–H groups in total. The van der Waals surface area contributed by atoms with Gasteiger partial charge in [-0.2, -0.15) is 31.6 Å². The minimum Gasteiger partial charge on any atom is -0.485 e. The van der Waals surface area contributed by atoms with Crippen molar-refractivity contribution < 1.29 is 35.1 Å². The molecule has 0 aliphatic heterocycles. The number of pyridine rings is 1. The van der Waals surface area contributed by atoms with Crippen molar-refractivity contribution in [2.45, 2.75) is 43.9 Å². The molecule has 3 heterocycles. The molecule has 0 aliphatic carbocycles. The van der Waals surface area contributed by atoms with E-state index in [1.165, 1.54) is 23.7 Å². The van der Waals surface area contributed by atoms with E-state index in [2.05, 4.69) is 25.1 Å². The van der Waals surface area contributed by atoms with E-state index >= 15 is 0 Å². The lowest BCUT2D eigenvalue weighted by Gasteiger charge is -2.19. The molecule has 0 aromatic carbocycles. The Morgan fingerprint density at radius 2 is 1.82 bits per heavy atom. The number of hydrogen-bond donors (Lipinski definition) is 1. The predicted octanol–water partition coefficient (Wildman–Crippen LogP) is 3.98. The second-order valence-corrected chi connectivity index (χ2v) is 9.51. The second-order valence-electron chi connectivity index (χ2n) is 7.32. The third kappa shape index (κ3) is 4.99. The average Bonchev–Trinajstić information content (AvgIpc) is 3.13. The Hall–Kier alpha value is -3.03. The minimum absolute atomic E-state index is 0.00105. The van der Waals surface area contributed by atoms with Gasteiger partial charge in [-0.05, 0) is 32.0 Å². The lowest BCUT2D eigenvalue weighted by molar-refractivity contribution is -0.290. The molecule has 0 fully saturated rings. The van der Waals surface area contributed by atoms with E-state index in [1.54, 1.807) is 6.07 Å². The standard InChI is InChI=1S/C19H20F5N5O3S/c1-4-33(30,31)17-15(16-25-8-7-14(27-11(2)3)29(16)28-17)13-6-5-12(9-26-13)32-10-18(20,21)19(22,23)24/h5-9,11,27H,4,10H2,1-3H3. The number of anilines is 1. The topological polar surface area (TPSA) is 98.5 Å². The van der Waals surface area contributed by atoms with Crippen molar-refractivity contribution in [2.75, 3.05) is 17.7 Å². The van der Waals surface area contributed by atoms with E-state index in [0.29, 0.717) is 5.82 Å². The monoisotopic (exact) mass is 493 g/mol. The van der Waals surface area contributed by atoms with Gasteiger partial charge in [-0.25, -0.2) is 13.4 Å². The van der Waals surface area contributed by atoms with Gasteiger partial charge in [0.15, 0.2) is 27.1 Å². The van der Waals surface area contributed by atoms with Crippen LogP contribution in [0.3, 0.4) is 0 Å². The van der Waals surface area contributed by atoms with Gasteiger partial charge in [-0.3, -0.25) is 4.98 Å². The summed E-state index contributed by atoms with van der Waals surface area (Å²) in [6.07, 6.45) is -3.39. The van der Waals surface area contributed by atoms with Gasteiger partial charge in [0.1, 0.15) is 11.6 Å². The number of hydrogen-bond acceptors (Lipinski definition) is 7. The summed E-state index contributed by atoms with van der Waals surface area (Å²) >= 11 is 0. The number of sulfone groups is 1. The molecule has 0 spiro atoms. The van der Waals surface area contributed by atoms with Crippen molar-refractivity contribution in [3.05, 3.63) is 30.6 Å². The van der Waals surface area contributed by atoms with Crippen molar-refractivity contribution in [3.8, 4) is 17.0 Å². The fraction of sp³-hybridized carbons (Fsp3) is 0.421. The quantitative estimate of drug-likeness (QED) is 0.474. The number of fused-ring (bicyclic) bond motifs is 1. The van der Waals surface area contributed by atoms with E-state index < -0.39 is 28.5 Å². The number of rotatable bonds is 8. The zero-order chi connectivity index (χ0) is 24.6. The van der Waals surface area contributed by atoms with E-state index in [9.17, 15) is 30.4 Å². The Morgan fingerprint density at radius 1 is 1.12 bits per heavy atom. The van der Waals surface area contributed by atoms with Gasteiger partial charge >= 0.3 is 12.1 Å². The van der Waals surface area contributed by atoms with Crippen molar-refractivity contribution in [1.82, 2.24) is 19.6 Å². The van der Waals surface area contributed by atoms with Crippen LogP contribution in [0.2, 0.25) is 0 Å². The molecule has 8 nitrogen and oxygen atoms in total. The molecule has 180 valence electrons. The zero-order valence-electron chi connectivity index (χ0n) is 17.7. The third-order valence-corrected chi connectivity index (χ3v) is 6.06. The van der Waals surface area contributed by atoms with Crippen LogP contribution in [0.15, 0.2) is 35.6 Å². The number of aromatic nitrogens is 4. The molecule has 0 aliphatic rings. The van der Waals surface area contributed by atoms with Gasteiger partial charge in [0.05, 0.1) is 23.2 Å². The summed E-state index contributed by atoms with van der Waals surface area (Å²) in [6, 6.07) is 3.95. The molecule has 0 unspecified atom stereocenters. The molecule has 0 bridgehead atoms. The number of alkyl halides is 5. The Balaban J connectivity index is 2.05. The highest BCUT2D eigenvalue weighted by molar-refractivity contribution is 7.91. The largest absolute Gasteiger partial charge is 0.485 e. The fourth-order valence-corrected chi connectivity index (χ4v) is 3.77. The molecule has 0 saturated carbocycles. The van der Waals surface area contributed by atoms with Gasteiger partial charge in [-0.15, -0.1) is 0 Å². The average molecular weight is 493 g/mol. The zero-order valence-corrected chi connectivity index (χ0v) is 18.5. The molecule has 0 radical (unpaired) electrons. The van der Waals surface area contributed by atoms with Gasteiger partial charge in [0, 0.05) is 12.2 Å². The molecule has 3 rings (SSSR count). The Morgan fingerprint density at radius 3 is 2.36 bits per heavy atom. The highest BCUT2D eigenvalue weighted by Gasteiger charge is 2.58. The summed E-state index contributed by atoms with van der Waals surface area (Å²) in [7, 11) is -3.84. The number of halogens is 5. The van der Waals surface area contributed by atoms with Crippen molar-refractivity contribution >= 4 is 21.3 Å². The number of ether oxygens (including phenoxy) is 1.